The molecule has 2 heterocycles. The minimum Gasteiger partial charge on any atom is -0.438 e. The summed E-state index contributed by atoms with van der Waals surface area (Å²) in [6.45, 7) is 1.26. The number of amides is 1. The third-order valence-electron chi connectivity index (χ3n) is 4.73. The lowest BCUT2D eigenvalue weighted by atomic mass is 10.1. The molecule has 8 heteroatoms. The summed E-state index contributed by atoms with van der Waals surface area (Å²) in [7, 11) is -3.75. The van der Waals surface area contributed by atoms with Gasteiger partial charge in [-0.25, -0.2) is 8.42 Å². The van der Waals surface area contributed by atoms with E-state index in [0.717, 1.165) is 19.3 Å². The summed E-state index contributed by atoms with van der Waals surface area (Å²) in [6, 6.07) is 8.55. The average molecular weight is 376 g/mol. The fraction of sp³-hybridized carbons (Fsp3) is 0.389. The monoisotopic (exact) mass is 376 g/mol. The molecule has 0 unspecified atom stereocenters. The molecular formula is C18H20N2O5S. The maximum atomic E-state index is 12.6. The van der Waals surface area contributed by atoms with E-state index in [0.29, 0.717) is 18.9 Å². The van der Waals surface area contributed by atoms with Crippen molar-refractivity contribution in [2.75, 3.05) is 31.6 Å². The molecule has 0 radical (unpaired) electrons. The molecule has 1 aromatic carbocycles. The number of aryl methyl sites for hydroxylation is 2. The highest BCUT2D eigenvalue weighted by Crippen LogP contribution is 2.26. The summed E-state index contributed by atoms with van der Waals surface area (Å²) in [6.07, 6.45) is 3.22. The van der Waals surface area contributed by atoms with Crippen molar-refractivity contribution in [3.63, 3.8) is 0 Å². The Balaban J connectivity index is 1.49. The van der Waals surface area contributed by atoms with Crippen LogP contribution in [0.5, 0.6) is 0 Å². The van der Waals surface area contributed by atoms with Gasteiger partial charge >= 0.3 is 0 Å². The molecule has 0 saturated carbocycles. The largest absolute Gasteiger partial charge is 0.438 e. The van der Waals surface area contributed by atoms with Crippen LogP contribution in [0.3, 0.4) is 0 Å². The van der Waals surface area contributed by atoms with E-state index in [4.69, 9.17) is 9.15 Å². The molecular weight excluding hydrogens is 356 g/mol. The van der Waals surface area contributed by atoms with Gasteiger partial charge < -0.3 is 14.5 Å². The molecule has 2 aromatic rings. The smallest absolute Gasteiger partial charge is 0.291 e. The number of fused-ring (bicyclic) bond motifs is 1. The molecule has 1 aliphatic carbocycles. The fourth-order valence-electron chi connectivity index (χ4n) is 3.34. The lowest BCUT2D eigenvalue weighted by Gasteiger charge is -2.24. The lowest BCUT2D eigenvalue weighted by Crippen LogP contribution is -2.40. The second-order valence-corrected chi connectivity index (χ2v) is 8.30. The number of ether oxygens (including phenoxy) is 1. The van der Waals surface area contributed by atoms with Crippen LogP contribution < -0.4 is 5.32 Å². The van der Waals surface area contributed by atoms with Crippen LogP contribution in [0.25, 0.3) is 0 Å². The third-order valence-corrected chi connectivity index (χ3v) is 6.50. The predicted molar refractivity (Wildman–Crippen MR) is 94.7 cm³/mol. The number of carbonyl (C=O) groups is 1. The number of morpholine rings is 1. The van der Waals surface area contributed by atoms with E-state index in [2.05, 4.69) is 5.32 Å². The molecule has 1 saturated heterocycles. The predicted octanol–water partition coefficient (Wildman–Crippen LogP) is 2.04. The van der Waals surface area contributed by atoms with Crippen molar-refractivity contribution >= 4 is 21.6 Å². The van der Waals surface area contributed by atoms with Gasteiger partial charge in [-0.2, -0.15) is 4.31 Å². The quantitative estimate of drug-likeness (QED) is 0.882. The molecule has 0 bridgehead atoms. The minimum absolute atomic E-state index is 0.0302. The molecule has 1 aromatic heterocycles. The number of benzene rings is 1. The van der Waals surface area contributed by atoms with Gasteiger partial charge in [0.1, 0.15) is 0 Å². The molecule has 1 N–H and O–H groups in total. The zero-order chi connectivity index (χ0) is 18.1. The SMILES string of the molecule is O=C(Nc1ccc2c(c1)CCC2)c1ccc(S(=O)(=O)N2CCOCC2)o1. The Kier molecular flexibility index (Phi) is 4.56. The van der Waals surface area contributed by atoms with Gasteiger partial charge in [-0.15, -0.1) is 0 Å². The second-order valence-electron chi connectivity index (χ2n) is 6.43. The highest BCUT2D eigenvalue weighted by Gasteiger charge is 2.30. The number of rotatable bonds is 4. The van der Waals surface area contributed by atoms with Crippen molar-refractivity contribution in [3.8, 4) is 0 Å². The van der Waals surface area contributed by atoms with E-state index < -0.39 is 15.9 Å². The number of carbonyl (C=O) groups excluding carboxylic acids is 1. The Morgan fingerprint density at radius 1 is 1.04 bits per heavy atom. The van der Waals surface area contributed by atoms with Crippen molar-refractivity contribution in [3.05, 3.63) is 47.2 Å². The molecule has 1 aliphatic heterocycles. The molecule has 4 rings (SSSR count). The first-order valence-corrected chi connectivity index (χ1v) is 10.1. The van der Waals surface area contributed by atoms with E-state index in [1.165, 1.54) is 27.6 Å². The van der Waals surface area contributed by atoms with Crippen LogP contribution in [0, 0.1) is 0 Å². The number of furan rings is 1. The van der Waals surface area contributed by atoms with Gasteiger partial charge in [0.05, 0.1) is 13.2 Å². The van der Waals surface area contributed by atoms with Crippen LogP contribution in [0.4, 0.5) is 5.69 Å². The van der Waals surface area contributed by atoms with Crippen molar-refractivity contribution < 1.29 is 22.4 Å². The average Bonchev–Trinajstić information content (AvgIpc) is 3.32. The van der Waals surface area contributed by atoms with Crippen LogP contribution in [-0.2, 0) is 27.6 Å². The molecule has 2 aliphatic rings. The summed E-state index contributed by atoms with van der Waals surface area (Å²) in [4.78, 5) is 12.4. The van der Waals surface area contributed by atoms with Crippen LogP contribution in [0.2, 0.25) is 0 Å². The summed E-state index contributed by atoms with van der Waals surface area (Å²) in [5.41, 5.74) is 3.25. The van der Waals surface area contributed by atoms with Gasteiger partial charge in [0.25, 0.3) is 15.9 Å². The number of nitrogens with one attached hydrogen (secondary N) is 1. The standard InChI is InChI=1S/C18H20N2O5S/c21-18(19-15-5-4-13-2-1-3-14(13)12-15)16-6-7-17(25-16)26(22,23)20-8-10-24-11-9-20/h4-7,12H,1-3,8-11H2,(H,19,21). The van der Waals surface area contributed by atoms with Crippen molar-refractivity contribution in [2.45, 2.75) is 24.4 Å². The Hall–Kier alpha value is -2.16. The maximum absolute atomic E-state index is 12.6. The molecule has 0 spiro atoms. The van der Waals surface area contributed by atoms with Gasteiger partial charge in [-0.3, -0.25) is 4.79 Å². The highest BCUT2D eigenvalue weighted by molar-refractivity contribution is 7.89. The molecule has 26 heavy (non-hydrogen) atoms. The van der Waals surface area contributed by atoms with Crippen molar-refractivity contribution in [1.82, 2.24) is 4.31 Å². The molecule has 0 atom stereocenters. The van der Waals surface area contributed by atoms with Gasteiger partial charge in [0.15, 0.2) is 5.76 Å². The Bertz CT molecular complexity index is 929. The minimum atomic E-state index is -3.75. The molecule has 1 amide bonds. The van der Waals surface area contributed by atoms with Gasteiger partial charge in [0, 0.05) is 18.8 Å². The number of anilines is 1. The summed E-state index contributed by atoms with van der Waals surface area (Å²) in [5, 5.41) is 2.55. The first-order valence-electron chi connectivity index (χ1n) is 8.65. The molecule has 7 nitrogen and oxygen atoms in total. The highest BCUT2D eigenvalue weighted by atomic mass is 32.2. The van der Waals surface area contributed by atoms with Crippen LogP contribution in [-0.4, -0.2) is 44.9 Å². The van der Waals surface area contributed by atoms with E-state index in [9.17, 15) is 13.2 Å². The van der Waals surface area contributed by atoms with E-state index >= 15 is 0 Å². The lowest BCUT2D eigenvalue weighted by molar-refractivity contribution is 0.0723. The summed E-state index contributed by atoms with van der Waals surface area (Å²) < 4.78 is 36.9. The number of nitrogens with zero attached hydrogens (tertiary/aromatic N) is 1. The van der Waals surface area contributed by atoms with Crippen molar-refractivity contribution in [1.29, 1.82) is 0 Å². The zero-order valence-electron chi connectivity index (χ0n) is 14.2. The van der Waals surface area contributed by atoms with Crippen LogP contribution in [0.1, 0.15) is 28.1 Å². The second kappa shape index (κ2) is 6.86. The topological polar surface area (TPSA) is 88.9 Å². The Labute approximate surface area is 152 Å². The van der Waals surface area contributed by atoms with Gasteiger partial charge in [-0.1, -0.05) is 6.07 Å². The summed E-state index contributed by atoms with van der Waals surface area (Å²) >= 11 is 0. The first kappa shape index (κ1) is 17.3. The van der Waals surface area contributed by atoms with E-state index in [-0.39, 0.29) is 23.9 Å². The molecule has 138 valence electrons. The maximum Gasteiger partial charge on any atom is 0.291 e. The van der Waals surface area contributed by atoms with Crippen molar-refractivity contribution in [2.24, 2.45) is 0 Å². The zero-order valence-corrected chi connectivity index (χ0v) is 15.0. The van der Waals surface area contributed by atoms with Crippen LogP contribution >= 0.6 is 0 Å². The number of hydrogen-bond donors (Lipinski definition) is 1. The Morgan fingerprint density at radius 2 is 1.81 bits per heavy atom. The number of sulfonamides is 1. The fourth-order valence-corrected chi connectivity index (χ4v) is 4.66. The number of hydrogen-bond acceptors (Lipinski definition) is 5. The normalized spacial score (nSPS) is 17.8. The Morgan fingerprint density at radius 3 is 2.62 bits per heavy atom. The van der Waals surface area contributed by atoms with Gasteiger partial charge in [0.2, 0.25) is 5.09 Å². The van der Waals surface area contributed by atoms with E-state index in [1.54, 1.807) is 0 Å². The third kappa shape index (κ3) is 3.27. The summed E-state index contributed by atoms with van der Waals surface area (Å²) in [5.74, 6) is -0.497. The van der Waals surface area contributed by atoms with Gasteiger partial charge in [-0.05, 0) is 54.7 Å². The first-order chi connectivity index (χ1) is 12.5. The van der Waals surface area contributed by atoms with E-state index in [1.807, 2.05) is 18.2 Å². The molecule has 1 fully saturated rings. The van der Waals surface area contributed by atoms with Crippen LogP contribution in [0.15, 0.2) is 39.8 Å².